The second-order valence-corrected chi connectivity index (χ2v) is 7.76. The van der Waals surface area contributed by atoms with E-state index in [1.54, 1.807) is 0 Å². The number of hydrogen-bond acceptors (Lipinski definition) is 2. The van der Waals surface area contributed by atoms with Crippen molar-refractivity contribution in [2.45, 2.75) is 45.7 Å². The second-order valence-electron chi connectivity index (χ2n) is 7.76. The monoisotopic (exact) mass is 342 g/mol. The van der Waals surface area contributed by atoms with E-state index in [1.165, 1.54) is 49.9 Å². The fourth-order valence-corrected chi connectivity index (χ4v) is 4.35. The largest absolute Gasteiger partial charge is 0.352 e. The summed E-state index contributed by atoms with van der Waals surface area (Å²) in [5.74, 6) is 2.85. The van der Waals surface area contributed by atoms with Gasteiger partial charge in [-0.3, -0.25) is 4.99 Å². The molecule has 2 atom stereocenters. The molecule has 2 unspecified atom stereocenters. The first kappa shape index (κ1) is 18.2. The summed E-state index contributed by atoms with van der Waals surface area (Å²) in [4.78, 5) is 9.36. The Balaban J connectivity index is 1.56. The van der Waals surface area contributed by atoms with Crippen molar-refractivity contribution in [3.05, 3.63) is 35.4 Å². The molecule has 1 saturated heterocycles. The maximum absolute atomic E-state index is 4.55. The average Bonchev–Trinajstić information content (AvgIpc) is 3.06. The predicted molar refractivity (Wildman–Crippen MR) is 106 cm³/mol. The summed E-state index contributed by atoms with van der Waals surface area (Å²) < 4.78 is 0. The van der Waals surface area contributed by atoms with Crippen LogP contribution in [0.5, 0.6) is 0 Å². The van der Waals surface area contributed by atoms with Crippen LogP contribution in [0.4, 0.5) is 0 Å². The number of hydrogen-bond donors (Lipinski definition) is 1. The number of nitrogens with zero attached hydrogens (tertiary/aromatic N) is 3. The predicted octanol–water partition coefficient (Wildman–Crippen LogP) is 3.34. The Hall–Kier alpha value is -1.55. The molecule has 1 aliphatic heterocycles. The molecule has 0 spiro atoms. The molecule has 4 nitrogen and oxygen atoms in total. The number of nitrogens with one attached hydrogen (secondary N) is 1. The number of benzene rings is 1. The van der Waals surface area contributed by atoms with E-state index in [9.17, 15) is 0 Å². The third-order valence-electron chi connectivity index (χ3n) is 5.92. The lowest BCUT2D eigenvalue weighted by Gasteiger charge is -2.22. The van der Waals surface area contributed by atoms with Gasteiger partial charge in [0, 0.05) is 33.2 Å². The molecule has 4 heteroatoms. The molecule has 2 fully saturated rings. The minimum atomic E-state index is 0.849. The highest BCUT2D eigenvalue weighted by atomic mass is 15.3. The molecule has 1 aromatic carbocycles. The summed E-state index contributed by atoms with van der Waals surface area (Å²) in [6, 6.07) is 8.91. The SMILES string of the molecule is CCN(C)Cc1cccc(CNC(=NC)N2CC3CCCCC3C2)c1. The van der Waals surface area contributed by atoms with Gasteiger partial charge in [-0.25, -0.2) is 0 Å². The highest BCUT2D eigenvalue weighted by molar-refractivity contribution is 5.80. The minimum absolute atomic E-state index is 0.849. The third kappa shape index (κ3) is 4.75. The Morgan fingerprint density at radius 3 is 2.52 bits per heavy atom. The van der Waals surface area contributed by atoms with Crippen molar-refractivity contribution < 1.29 is 0 Å². The molecule has 2 aliphatic rings. The van der Waals surface area contributed by atoms with Crippen molar-refractivity contribution in [1.82, 2.24) is 15.1 Å². The Labute approximate surface area is 153 Å². The van der Waals surface area contributed by atoms with Crippen molar-refractivity contribution in [3.63, 3.8) is 0 Å². The molecule has 0 aromatic heterocycles. The molecule has 0 bridgehead atoms. The fraction of sp³-hybridized carbons (Fsp3) is 0.667. The topological polar surface area (TPSA) is 30.9 Å². The van der Waals surface area contributed by atoms with Gasteiger partial charge in [0.05, 0.1) is 0 Å². The highest BCUT2D eigenvalue weighted by Crippen LogP contribution is 2.35. The Kier molecular flexibility index (Phi) is 6.35. The van der Waals surface area contributed by atoms with Gasteiger partial charge < -0.3 is 15.1 Å². The van der Waals surface area contributed by atoms with Gasteiger partial charge in [-0.2, -0.15) is 0 Å². The first-order valence-electron chi connectivity index (χ1n) is 9.91. The van der Waals surface area contributed by atoms with Crippen molar-refractivity contribution in [1.29, 1.82) is 0 Å². The molecule has 138 valence electrons. The van der Waals surface area contributed by atoms with Gasteiger partial charge in [-0.1, -0.05) is 44.0 Å². The van der Waals surface area contributed by atoms with Crippen LogP contribution >= 0.6 is 0 Å². The zero-order chi connectivity index (χ0) is 17.6. The lowest BCUT2D eigenvalue weighted by Crippen LogP contribution is -2.39. The van der Waals surface area contributed by atoms with Gasteiger partial charge >= 0.3 is 0 Å². The number of guanidine groups is 1. The molecule has 0 radical (unpaired) electrons. The van der Waals surface area contributed by atoms with Crippen LogP contribution in [0.1, 0.15) is 43.7 Å². The van der Waals surface area contributed by atoms with Crippen LogP contribution in [0.3, 0.4) is 0 Å². The van der Waals surface area contributed by atoms with E-state index < -0.39 is 0 Å². The molecule has 0 amide bonds. The van der Waals surface area contributed by atoms with E-state index >= 15 is 0 Å². The third-order valence-corrected chi connectivity index (χ3v) is 5.92. The van der Waals surface area contributed by atoms with Crippen molar-refractivity contribution in [2.24, 2.45) is 16.8 Å². The quantitative estimate of drug-likeness (QED) is 0.658. The van der Waals surface area contributed by atoms with Crippen LogP contribution in [-0.2, 0) is 13.1 Å². The Morgan fingerprint density at radius 2 is 1.88 bits per heavy atom. The van der Waals surface area contributed by atoms with E-state index in [2.05, 4.69) is 58.3 Å². The van der Waals surface area contributed by atoms with Crippen LogP contribution < -0.4 is 5.32 Å². The number of likely N-dealkylation sites (tertiary alicyclic amines) is 1. The zero-order valence-electron chi connectivity index (χ0n) is 16.2. The lowest BCUT2D eigenvalue weighted by atomic mass is 9.82. The number of fused-ring (bicyclic) bond motifs is 1. The van der Waals surface area contributed by atoms with E-state index in [0.717, 1.165) is 37.4 Å². The lowest BCUT2D eigenvalue weighted by molar-refractivity contribution is 0.299. The van der Waals surface area contributed by atoms with Gasteiger partial charge in [0.15, 0.2) is 5.96 Å². The van der Waals surface area contributed by atoms with Gasteiger partial charge in [0.1, 0.15) is 0 Å². The molecule has 25 heavy (non-hydrogen) atoms. The van der Waals surface area contributed by atoms with Crippen LogP contribution in [0.2, 0.25) is 0 Å². The molecular formula is C21H34N4. The number of rotatable bonds is 5. The van der Waals surface area contributed by atoms with Gasteiger partial charge in [-0.15, -0.1) is 0 Å². The average molecular weight is 343 g/mol. The van der Waals surface area contributed by atoms with E-state index in [-0.39, 0.29) is 0 Å². The summed E-state index contributed by atoms with van der Waals surface area (Å²) >= 11 is 0. The smallest absolute Gasteiger partial charge is 0.193 e. The van der Waals surface area contributed by atoms with E-state index in [0.29, 0.717) is 0 Å². The molecule has 1 saturated carbocycles. The van der Waals surface area contributed by atoms with Crippen molar-refractivity contribution in [3.8, 4) is 0 Å². The summed E-state index contributed by atoms with van der Waals surface area (Å²) in [6.45, 7) is 7.50. The van der Waals surface area contributed by atoms with Gasteiger partial charge in [-0.05, 0) is 49.4 Å². The van der Waals surface area contributed by atoms with E-state index in [4.69, 9.17) is 0 Å². The Morgan fingerprint density at radius 1 is 1.20 bits per heavy atom. The highest BCUT2D eigenvalue weighted by Gasteiger charge is 2.35. The summed E-state index contributed by atoms with van der Waals surface area (Å²) in [6.07, 6.45) is 5.65. The normalized spacial score (nSPS) is 23.8. The van der Waals surface area contributed by atoms with Crippen LogP contribution in [0.25, 0.3) is 0 Å². The maximum atomic E-state index is 4.55. The summed E-state index contributed by atoms with van der Waals surface area (Å²) in [5, 5.41) is 3.59. The van der Waals surface area contributed by atoms with Crippen LogP contribution in [0, 0.1) is 11.8 Å². The fourth-order valence-electron chi connectivity index (χ4n) is 4.35. The first-order valence-corrected chi connectivity index (χ1v) is 9.91. The minimum Gasteiger partial charge on any atom is -0.352 e. The van der Waals surface area contributed by atoms with E-state index in [1.807, 2.05) is 7.05 Å². The summed E-state index contributed by atoms with van der Waals surface area (Å²) in [5.41, 5.74) is 2.71. The van der Waals surface area contributed by atoms with Gasteiger partial charge in [0.2, 0.25) is 0 Å². The van der Waals surface area contributed by atoms with Gasteiger partial charge in [0.25, 0.3) is 0 Å². The molecule has 1 N–H and O–H groups in total. The van der Waals surface area contributed by atoms with Crippen LogP contribution in [-0.4, -0.2) is 49.5 Å². The maximum Gasteiger partial charge on any atom is 0.193 e. The number of aliphatic imine (C=N–C) groups is 1. The molecule has 1 aliphatic carbocycles. The zero-order valence-corrected chi connectivity index (χ0v) is 16.2. The van der Waals surface area contributed by atoms with Crippen molar-refractivity contribution in [2.75, 3.05) is 33.7 Å². The second kappa shape index (κ2) is 8.70. The Bertz CT molecular complexity index is 569. The molecule has 1 aromatic rings. The van der Waals surface area contributed by atoms with Crippen molar-refractivity contribution >= 4 is 5.96 Å². The first-order chi connectivity index (χ1) is 12.2. The standard InChI is InChI=1S/C21H34N4/c1-4-24(3)14-18-9-7-8-17(12-18)13-23-21(22-2)25-15-19-10-5-6-11-20(19)16-25/h7-9,12,19-20H,4-6,10-11,13-16H2,1-3H3,(H,22,23). The molecule has 3 rings (SSSR count). The molecular weight excluding hydrogens is 308 g/mol. The van der Waals surface area contributed by atoms with Crippen LogP contribution in [0.15, 0.2) is 29.3 Å². The molecule has 1 heterocycles. The summed E-state index contributed by atoms with van der Waals surface area (Å²) in [7, 11) is 4.08.